The first-order valence-corrected chi connectivity index (χ1v) is 8.82. The molecule has 0 N–H and O–H groups in total. The highest BCUT2D eigenvalue weighted by atomic mass is 35.5. The van der Waals surface area contributed by atoms with Gasteiger partial charge in [0.25, 0.3) is 0 Å². The van der Waals surface area contributed by atoms with Crippen molar-refractivity contribution in [1.29, 1.82) is 0 Å². The summed E-state index contributed by atoms with van der Waals surface area (Å²) in [5, 5.41) is 2.22. The van der Waals surface area contributed by atoms with Crippen molar-refractivity contribution < 1.29 is 18.7 Å². The zero-order chi connectivity index (χ0) is 18.5. The summed E-state index contributed by atoms with van der Waals surface area (Å²) in [7, 11) is 0. The van der Waals surface area contributed by atoms with E-state index >= 15 is 0 Å². The normalized spacial score (nSPS) is 10.8. The summed E-state index contributed by atoms with van der Waals surface area (Å²) in [5.41, 5.74) is 0.606. The molecular weight excluding hydrogens is 375 g/mol. The zero-order valence-corrected chi connectivity index (χ0v) is 14.9. The van der Waals surface area contributed by atoms with Gasteiger partial charge in [0, 0.05) is 5.02 Å². The van der Waals surface area contributed by atoms with Crippen molar-refractivity contribution in [3.8, 4) is 5.75 Å². The molecule has 0 atom stereocenters. The van der Waals surface area contributed by atoms with E-state index in [2.05, 4.69) is 0 Å². The summed E-state index contributed by atoms with van der Waals surface area (Å²) >= 11 is 7.26. The van der Waals surface area contributed by atoms with Crippen LogP contribution in [0.15, 0.2) is 66.1 Å². The Morgan fingerprint density at radius 1 is 1.08 bits per heavy atom. The molecule has 0 saturated carbocycles. The summed E-state index contributed by atoms with van der Waals surface area (Å²) in [5.74, 6) is -1.71. The second kappa shape index (κ2) is 8.08. The van der Waals surface area contributed by atoms with E-state index in [1.54, 1.807) is 41.8 Å². The van der Waals surface area contributed by atoms with Crippen LogP contribution in [0.2, 0.25) is 5.02 Å². The van der Waals surface area contributed by atoms with Crippen molar-refractivity contribution in [3.63, 3.8) is 0 Å². The predicted molar refractivity (Wildman–Crippen MR) is 100 cm³/mol. The maximum absolute atomic E-state index is 13.6. The van der Waals surface area contributed by atoms with E-state index in [1.165, 1.54) is 29.6 Å². The molecule has 1 heterocycles. The molecule has 0 fully saturated rings. The molecule has 3 nitrogen and oxygen atoms in total. The number of ketones is 1. The molecular formula is C20H12ClFO3S. The summed E-state index contributed by atoms with van der Waals surface area (Å²) in [6.07, 6.45) is 2.79. The zero-order valence-electron chi connectivity index (χ0n) is 13.3. The lowest BCUT2D eigenvalue weighted by molar-refractivity contribution is 0.0738. The number of hydrogen-bond donors (Lipinski definition) is 0. The first kappa shape index (κ1) is 18.0. The summed E-state index contributed by atoms with van der Waals surface area (Å²) < 4.78 is 18.9. The van der Waals surface area contributed by atoms with Crippen LogP contribution < -0.4 is 4.74 Å². The maximum atomic E-state index is 13.6. The minimum atomic E-state index is -0.601. The van der Waals surface area contributed by atoms with Gasteiger partial charge >= 0.3 is 5.97 Å². The van der Waals surface area contributed by atoms with Crippen LogP contribution in [0.3, 0.4) is 0 Å². The number of thiophene rings is 1. The molecule has 0 radical (unpaired) electrons. The van der Waals surface area contributed by atoms with Crippen molar-refractivity contribution >= 4 is 40.8 Å². The van der Waals surface area contributed by atoms with Gasteiger partial charge in [-0.05, 0) is 53.4 Å². The van der Waals surface area contributed by atoms with E-state index in [9.17, 15) is 14.0 Å². The Morgan fingerprint density at radius 2 is 1.88 bits per heavy atom. The van der Waals surface area contributed by atoms with Gasteiger partial charge in [0.1, 0.15) is 16.4 Å². The highest BCUT2D eigenvalue weighted by molar-refractivity contribution is 7.12. The molecule has 0 spiro atoms. The summed E-state index contributed by atoms with van der Waals surface area (Å²) in [4.78, 5) is 25.0. The van der Waals surface area contributed by atoms with Gasteiger partial charge in [-0.3, -0.25) is 4.79 Å². The van der Waals surface area contributed by atoms with E-state index < -0.39 is 17.6 Å². The topological polar surface area (TPSA) is 43.4 Å². The molecule has 3 aromatic rings. The van der Waals surface area contributed by atoms with Crippen LogP contribution in [-0.4, -0.2) is 11.8 Å². The van der Waals surface area contributed by atoms with E-state index in [-0.39, 0.29) is 11.3 Å². The van der Waals surface area contributed by atoms with Crippen molar-refractivity contribution in [2.24, 2.45) is 0 Å². The average molecular weight is 387 g/mol. The highest BCUT2D eigenvalue weighted by Crippen LogP contribution is 2.24. The smallest absolute Gasteiger partial charge is 0.353 e. The van der Waals surface area contributed by atoms with E-state index in [0.29, 0.717) is 15.5 Å². The number of carbonyl (C=O) groups excluding carboxylic acids is 2. The second-order valence-corrected chi connectivity index (χ2v) is 6.58. The molecule has 0 aliphatic heterocycles. The highest BCUT2D eigenvalue weighted by Gasteiger charge is 2.16. The number of hydrogen-bond acceptors (Lipinski definition) is 4. The Hall–Kier alpha value is -2.76. The standard InChI is InChI=1S/C20H12ClFO3S/c21-16-5-2-1-4-13(16)7-9-17(23)15-12-14(22)8-10-18(15)25-20(24)19-6-3-11-26-19/h1-12H. The molecule has 0 aliphatic rings. The van der Waals surface area contributed by atoms with Crippen LogP contribution >= 0.6 is 22.9 Å². The van der Waals surface area contributed by atoms with Crippen molar-refractivity contribution in [1.82, 2.24) is 0 Å². The minimum absolute atomic E-state index is 0.00129. The number of benzene rings is 2. The van der Waals surface area contributed by atoms with Crippen LogP contribution in [0.5, 0.6) is 5.75 Å². The number of halogens is 2. The van der Waals surface area contributed by atoms with Crippen LogP contribution in [-0.2, 0) is 0 Å². The molecule has 2 aromatic carbocycles. The summed E-state index contributed by atoms with van der Waals surface area (Å²) in [6.45, 7) is 0. The number of rotatable bonds is 5. The third kappa shape index (κ3) is 4.25. The van der Waals surface area contributed by atoms with Crippen molar-refractivity contribution in [3.05, 3.63) is 92.9 Å². The van der Waals surface area contributed by atoms with Gasteiger partial charge in [0.05, 0.1) is 5.56 Å². The van der Waals surface area contributed by atoms with Gasteiger partial charge in [-0.15, -0.1) is 11.3 Å². The Balaban J connectivity index is 1.86. The molecule has 3 rings (SSSR count). The van der Waals surface area contributed by atoms with Crippen LogP contribution in [0.4, 0.5) is 4.39 Å². The largest absolute Gasteiger partial charge is 0.422 e. The SMILES string of the molecule is O=C(Oc1ccc(F)cc1C(=O)C=Cc1ccccc1Cl)c1cccs1. The van der Waals surface area contributed by atoms with E-state index in [1.807, 2.05) is 0 Å². The third-order valence-electron chi connectivity index (χ3n) is 3.45. The molecule has 1 aromatic heterocycles. The molecule has 6 heteroatoms. The molecule has 0 unspecified atom stereocenters. The fourth-order valence-electron chi connectivity index (χ4n) is 2.19. The van der Waals surface area contributed by atoms with Crippen LogP contribution in [0.25, 0.3) is 6.08 Å². The Morgan fingerprint density at radius 3 is 2.62 bits per heavy atom. The van der Waals surface area contributed by atoms with Gasteiger partial charge in [-0.2, -0.15) is 0 Å². The summed E-state index contributed by atoms with van der Waals surface area (Å²) in [6, 6.07) is 13.7. The fraction of sp³-hybridized carbons (Fsp3) is 0. The molecule has 26 heavy (non-hydrogen) atoms. The molecule has 0 saturated heterocycles. The number of esters is 1. The third-order valence-corrected chi connectivity index (χ3v) is 4.65. The van der Waals surface area contributed by atoms with Crippen LogP contribution in [0.1, 0.15) is 25.6 Å². The van der Waals surface area contributed by atoms with Gasteiger partial charge in [-0.1, -0.05) is 35.9 Å². The number of carbonyl (C=O) groups is 2. The monoisotopic (exact) mass is 386 g/mol. The van der Waals surface area contributed by atoms with Crippen molar-refractivity contribution in [2.75, 3.05) is 0 Å². The lowest BCUT2D eigenvalue weighted by Gasteiger charge is -2.07. The predicted octanol–water partition coefficient (Wildman–Crippen LogP) is 5.66. The Bertz CT molecular complexity index is 980. The first-order valence-electron chi connectivity index (χ1n) is 7.57. The first-order chi connectivity index (χ1) is 12.5. The van der Waals surface area contributed by atoms with Crippen LogP contribution in [0, 0.1) is 5.82 Å². The van der Waals surface area contributed by atoms with Gasteiger partial charge in [0.15, 0.2) is 5.78 Å². The number of ether oxygens (including phenoxy) is 1. The minimum Gasteiger partial charge on any atom is -0.422 e. The average Bonchev–Trinajstić information content (AvgIpc) is 3.17. The fourth-order valence-corrected chi connectivity index (χ4v) is 2.99. The molecule has 0 bridgehead atoms. The quantitative estimate of drug-likeness (QED) is 0.246. The molecule has 0 amide bonds. The van der Waals surface area contributed by atoms with E-state index in [4.69, 9.17) is 16.3 Å². The lowest BCUT2D eigenvalue weighted by atomic mass is 10.1. The maximum Gasteiger partial charge on any atom is 0.353 e. The second-order valence-electron chi connectivity index (χ2n) is 5.23. The Labute approximate surface area is 158 Å². The number of allylic oxidation sites excluding steroid dienone is 1. The molecule has 0 aliphatic carbocycles. The van der Waals surface area contributed by atoms with Gasteiger partial charge in [0.2, 0.25) is 0 Å². The van der Waals surface area contributed by atoms with Crippen molar-refractivity contribution in [2.45, 2.75) is 0 Å². The molecule has 130 valence electrons. The Kier molecular flexibility index (Phi) is 5.61. The van der Waals surface area contributed by atoms with Gasteiger partial charge < -0.3 is 4.74 Å². The lowest BCUT2D eigenvalue weighted by Crippen LogP contribution is -2.10. The van der Waals surface area contributed by atoms with Gasteiger partial charge in [-0.25, -0.2) is 9.18 Å². The van der Waals surface area contributed by atoms with E-state index in [0.717, 1.165) is 12.1 Å².